The van der Waals surface area contributed by atoms with Gasteiger partial charge in [-0.1, -0.05) is 60.7 Å². The molecule has 0 saturated carbocycles. The van der Waals surface area contributed by atoms with Gasteiger partial charge in [-0.2, -0.15) is 0 Å². The molecule has 0 spiro atoms. The monoisotopic (exact) mass is 288 g/mol. The lowest BCUT2D eigenvalue weighted by molar-refractivity contribution is 0.261. The standard InChI is InChI=1S/C20H16O2/c21-11-15-6-5-14-8-9-17-16-4-2-1-3-13(16)7-10-18(17)20(14)19(15)12-22/h1-10,21-22H,11-12H2. The third kappa shape index (κ3) is 1.82. The van der Waals surface area contributed by atoms with Gasteiger partial charge in [-0.05, 0) is 43.4 Å². The number of aliphatic hydroxyl groups is 2. The average Bonchev–Trinajstić information content (AvgIpc) is 2.59. The van der Waals surface area contributed by atoms with Gasteiger partial charge in [0.1, 0.15) is 0 Å². The molecule has 0 aliphatic heterocycles. The van der Waals surface area contributed by atoms with Crippen molar-refractivity contribution in [3.8, 4) is 0 Å². The van der Waals surface area contributed by atoms with E-state index >= 15 is 0 Å². The van der Waals surface area contributed by atoms with Gasteiger partial charge in [-0.15, -0.1) is 0 Å². The molecule has 108 valence electrons. The summed E-state index contributed by atoms with van der Waals surface area (Å²) in [7, 11) is 0. The van der Waals surface area contributed by atoms with E-state index in [0.717, 1.165) is 27.3 Å². The zero-order valence-corrected chi connectivity index (χ0v) is 12.1. The van der Waals surface area contributed by atoms with Crippen LogP contribution in [0.3, 0.4) is 0 Å². The van der Waals surface area contributed by atoms with Crippen LogP contribution in [-0.2, 0) is 13.2 Å². The minimum Gasteiger partial charge on any atom is -0.392 e. The fourth-order valence-corrected chi connectivity index (χ4v) is 3.36. The highest BCUT2D eigenvalue weighted by Crippen LogP contribution is 2.34. The summed E-state index contributed by atoms with van der Waals surface area (Å²) >= 11 is 0. The van der Waals surface area contributed by atoms with Gasteiger partial charge in [0.25, 0.3) is 0 Å². The number of hydrogen-bond donors (Lipinski definition) is 2. The molecule has 0 aromatic heterocycles. The smallest absolute Gasteiger partial charge is 0.0691 e. The summed E-state index contributed by atoms with van der Waals surface area (Å²) in [6.45, 7) is -0.130. The van der Waals surface area contributed by atoms with Gasteiger partial charge in [0.15, 0.2) is 0 Å². The molecule has 4 rings (SSSR count). The van der Waals surface area contributed by atoms with Crippen LogP contribution in [0.1, 0.15) is 11.1 Å². The van der Waals surface area contributed by atoms with Crippen LogP contribution < -0.4 is 0 Å². The zero-order valence-electron chi connectivity index (χ0n) is 12.1. The van der Waals surface area contributed by atoms with Crippen molar-refractivity contribution in [2.45, 2.75) is 13.2 Å². The molecule has 0 heterocycles. The van der Waals surface area contributed by atoms with Crippen LogP contribution in [0.15, 0.2) is 60.7 Å². The predicted octanol–water partition coefficient (Wildman–Crippen LogP) is 4.13. The SMILES string of the molecule is OCc1ccc2ccc3c4ccccc4ccc3c2c1CO. The maximum Gasteiger partial charge on any atom is 0.0691 e. The second-order valence-electron chi connectivity index (χ2n) is 5.56. The summed E-state index contributed by atoms with van der Waals surface area (Å²) in [5.74, 6) is 0. The summed E-state index contributed by atoms with van der Waals surface area (Å²) in [6.07, 6.45) is 0. The van der Waals surface area contributed by atoms with Crippen LogP contribution in [0.5, 0.6) is 0 Å². The van der Waals surface area contributed by atoms with Gasteiger partial charge in [0, 0.05) is 0 Å². The van der Waals surface area contributed by atoms with Crippen LogP contribution >= 0.6 is 0 Å². The van der Waals surface area contributed by atoms with Crippen LogP contribution in [0.25, 0.3) is 32.3 Å². The minimum atomic E-state index is -0.0703. The van der Waals surface area contributed by atoms with Crippen molar-refractivity contribution >= 4 is 32.3 Å². The maximum absolute atomic E-state index is 9.81. The van der Waals surface area contributed by atoms with E-state index in [1.54, 1.807) is 0 Å². The molecular weight excluding hydrogens is 272 g/mol. The predicted molar refractivity (Wildman–Crippen MR) is 90.8 cm³/mol. The molecule has 4 aromatic rings. The van der Waals surface area contributed by atoms with Gasteiger partial charge in [0.05, 0.1) is 13.2 Å². The Bertz CT molecular complexity index is 1000. The molecule has 0 atom stereocenters. The second-order valence-corrected chi connectivity index (χ2v) is 5.56. The van der Waals surface area contributed by atoms with Crippen molar-refractivity contribution in [3.63, 3.8) is 0 Å². The van der Waals surface area contributed by atoms with Crippen molar-refractivity contribution in [1.29, 1.82) is 0 Å². The average molecular weight is 288 g/mol. The lowest BCUT2D eigenvalue weighted by Crippen LogP contribution is -1.96. The highest BCUT2D eigenvalue weighted by atomic mass is 16.3. The molecule has 4 aromatic carbocycles. The van der Waals surface area contributed by atoms with Crippen LogP contribution in [0, 0.1) is 0 Å². The van der Waals surface area contributed by atoms with Crippen LogP contribution in [0.4, 0.5) is 0 Å². The first-order chi connectivity index (χ1) is 10.8. The third-order valence-corrected chi connectivity index (χ3v) is 4.44. The van der Waals surface area contributed by atoms with Gasteiger partial charge in [-0.3, -0.25) is 0 Å². The van der Waals surface area contributed by atoms with Gasteiger partial charge < -0.3 is 10.2 Å². The number of aliphatic hydroxyl groups excluding tert-OH is 2. The molecule has 22 heavy (non-hydrogen) atoms. The molecule has 0 radical (unpaired) electrons. The molecule has 0 aliphatic rings. The Kier molecular flexibility index (Phi) is 3.07. The Labute approximate surface area is 128 Å². The first-order valence-corrected chi connectivity index (χ1v) is 7.40. The summed E-state index contributed by atoms with van der Waals surface area (Å²) in [4.78, 5) is 0. The van der Waals surface area contributed by atoms with Gasteiger partial charge in [0.2, 0.25) is 0 Å². The van der Waals surface area contributed by atoms with Gasteiger partial charge >= 0.3 is 0 Å². The van der Waals surface area contributed by atoms with Crippen molar-refractivity contribution < 1.29 is 10.2 Å². The largest absolute Gasteiger partial charge is 0.392 e. The fraction of sp³-hybridized carbons (Fsp3) is 0.100. The lowest BCUT2D eigenvalue weighted by Gasteiger charge is -2.13. The van der Waals surface area contributed by atoms with E-state index in [2.05, 4.69) is 36.4 Å². The van der Waals surface area contributed by atoms with Crippen molar-refractivity contribution in [2.24, 2.45) is 0 Å². The number of fused-ring (bicyclic) bond motifs is 5. The summed E-state index contributed by atoms with van der Waals surface area (Å²) in [5.41, 5.74) is 1.61. The van der Waals surface area contributed by atoms with Crippen LogP contribution in [0.2, 0.25) is 0 Å². The first kappa shape index (κ1) is 13.3. The zero-order chi connectivity index (χ0) is 15.1. The molecule has 0 aliphatic carbocycles. The number of hydrogen-bond acceptors (Lipinski definition) is 2. The van der Waals surface area contributed by atoms with E-state index in [-0.39, 0.29) is 13.2 Å². The Morgan fingerprint density at radius 3 is 2.14 bits per heavy atom. The summed E-state index contributed by atoms with van der Waals surface area (Å²) < 4.78 is 0. The minimum absolute atomic E-state index is 0.0597. The quantitative estimate of drug-likeness (QED) is 0.544. The van der Waals surface area contributed by atoms with E-state index in [4.69, 9.17) is 0 Å². The molecule has 0 unspecified atom stereocenters. The van der Waals surface area contributed by atoms with Gasteiger partial charge in [-0.25, -0.2) is 0 Å². The Balaban J connectivity index is 2.25. The molecule has 2 N–H and O–H groups in total. The Hall–Kier alpha value is -2.42. The molecule has 0 saturated heterocycles. The Morgan fingerprint density at radius 2 is 1.32 bits per heavy atom. The highest BCUT2D eigenvalue weighted by molar-refractivity contribution is 6.18. The fourth-order valence-electron chi connectivity index (χ4n) is 3.36. The highest BCUT2D eigenvalue weighted by Gasteiger charge is 2.11. The molecule has 0 fully saturated rings. The normalized spacial score (nSPS) is 11.5. The maximum atomic E-state index is 9.81. The van der Waals surface area contributed by atoms with E-state index in [9.17, 15) is 10.2 Å². The van der Waals surface area contributed by atoms with Crippen molar-refractivity contribution in [2.75, 3.05) is 0 Å². The van der Waals surface area contributed by atoms with E-state index in [0.29, 0.717) is 0 Å². The second kappa shape index (κ2) is 5.09. The van der Waals surface area contributed by atoms with E-state index < -0.39 is 0 Å². The van der Waals surface area contributed by atoms with Crippen LogP contribution in [-0.4, -0.2) is 10.2 Å². The molecule has 2 nitrogen and oxygen atoms in total. The molecular formula is C20H16O2. The number of benzene rings is 4. The first-order valence-electron chi connectivity index (χ1n) is 7.40. The molecule has 2 heteroatoms. The lowest BCUT2D eigenvalue weighted by atomic mass is 9.92. The Morgan fingerprint density at radius 1 is 0.591 bits per heavy atom. The summed E-state index contributed by atoms with van der Waals surface area (Å²) in [6, 6.07) is 20.7. The van der Waals surface area contributed by atoms with Crippen molar-refractivity contribution in [3.05, 3.63) is 71.8 Å². The van der Waals surface area contributed by atoms with Crippen molar-refractivity contribution in [1.82, 2.24) is 0 Å². The van der Waals surface area contributed by atoms with E-state index in [1.807, 2.05) is 24.3 Å². The number of rotatable bonds is 2. The molecule has 0 amide bonds. The molecule has 0 bridgehead atoms. The topological polar surface area (TPSA) is 40.5 Å². The summed E-state index contributed by atoms with van der Waals surface area (Å²) in [5, 5.41) is 26.2. The van der Waals surface area contributed by atoms with E-state index in [1.165, 1.54) is 16.2 Å². The third-order valence-electron chi connectivity index (χ3n) is 4.44.